The second kappa shape index (κ2) is 6.76. The summed E-state index contributed by atoms with van der Waals surface area (Å²) < 4.78 is 12.5. The Morgan fingerprint density at radius 2 is 1.86 bits per heavy atom. The first kappa shape index (κ1) is 13.4. The quantitative estimate of drug-likeness (QED) is 0.814. The highest BCUT2D eigenvalue weighted by Gasteiger charge is 2.04. The molecule has 2 nitrogen and oxygen atoms in total. The smallest absolute Gasteiger partial charge is 0.123 e. The van der Waals surface area contributed by atoms with Gasteiger partial charge in [0.2, 0.25) is 0 Å². The van der Waals surface area contributed by atoms with Crippen LogP contribution in [-0.4, -0.2) is 11.7 Å². The molecule has 0 saturated carbocycles. The fourth-order valence-corrected chi connectivity index (χ4v) is 1.19. The SMILES string of the molecule is Cl.N[C@H](CCCO)c1ccc(F)cc1. The van der Waals surface area contributed by atoms with Gasteiger partial charge in [-0.25, -0.2) is 4.39 Å². The Hall–Kier alpha value is -0.640. The third-order valence-corrected chi connectivity index (χ3v) is 1.97. The molecular formula is C10H15ClFNO. The molecule has 1 rings (SSSR count). The van der Waals surface area contributed by atoms with Crippen molar-refractivity contribution >= 4 is 12.4 Å². The predicted octanol–water partition coefficient (Wildman–Crippen LogP) is 2.02. The molecule has 4 heteroatoms. The zero-order chi connectivity index (χ0) is 9.68. The molecule has 3 N–H and O–H groups in total. The lowest BCUT2D eigenvalue weighted by Gasteiger charge is -2.10. The first-order valence-corrected chi connectivity index (χ1v) is 4.36. The summed E-state index contributed by atoms with van der Waals surface area (Å²) in [6.45, 7) is 0.148. The summed E-state index contributed by atoms with van der Waals surface area (Å²) in [5, 5.41) is 8.59. The van der Waals surface area contributed by atoms with Gasteiger partial charge >= 0.3 is 0 Å². The Labute approximate surface area is 89.3 Å². The number of aliphatic hydroxyl groups is 1. The molecule has 0 aromatic heterocycles. The number of halogens is 2. The molecule has 0 saturated heterocycles. The Morgan fingerprint density at radius 1 is 1.29 bits per heavy atom. The Morgan fingerprint density at radius 3 is 2.36 bits per heavy atom. The standard InChI is InChI=1S/C10H14FNO.ClH/c11-9-5-3-8(4-6-9)10(12)2-1-7-13;/h3-6,10,13H,1-2,7,12H2;1H/t10-;/m1./s1. The van der Waals surface area contributed by atoms with E-state index in [9.17, 15) is 4.39 Å². The van der Waals surface area contributed by atoms with E-state index in [0.717, 1.165) is 12.0 Å². The Balaban J connectivity index is 0.00000169. The van der Waals surface area contributed by atoms with Gasteiger partial charge in [-0.1, -0.05) is 12.1 Å². The van der Waals surface area contributed by atoms with E-state index < -0.39 is 0 Å². The highest BCUT2D eigenvalue weighted by atomic mass is 35.5. The highest BCUT2D eigenvalue weighted by Crippen LogP contribution is 2.15. The molecule has 0 unspecified atom stereocenters. The third-order valence-electron chi connectivity index (χ3n) is 1.97. The minimum atomic E-state index is -0.252. The van der Waals surface area contributed by atoms with Gasteiger partial charge in [0.15, 0.2) is 0 Å². The molecule has 0 radical (unpaired) electrons. The van der Waals surface area contributed by atoms with Crippen molar-refractivity contribution in [2.24, 2.45) is 5.73 Å². The van der Waals surface area contributed by atoms with Gasteiger partial charge in [0.05, 0.1) is 0 Å². The largest absolute Gasteiger partial charge is 0.396 e. The summed E-state index contributed by atoms with van der Waals surface area (Å²) >= 11 is 0. The van der Waals surface area contributed by atoms with Gasteiger partial charge in [-0.2, -0.15) is 0 Å². The molecule has 0 bridgehead atoms. The van der Waals surface area contributed by atoms with E-state index >= 15 is 0 Å². The molecule has 0 aliphatic rings. The number of benzene rings is 1. The molecule has 80 valence electrons. The molecule has 0 spiro atoms. The van der Waals surface area contributed by atoms with Crippen molar-refractivity contribution in [1.29, 1.82) is 0 Å². The van der Waals surface area contributed by atoms with Crippen LogP contribution >= 0.6 is 12.4 Å². The first-order valence-electron chi connectivity index (χ1n) is 4.36. The molecule has 0 aliphatic heterocycles. The summed E-state index contributed by atoms with van der Waals surface area (Å²) in [5.41, 5.74) is 6.71. The maximum atomic E-state index is 12.5. The molecule has 1 atom stereocenters. The van der Waals surface area contributed by atoms with Crippen molar-refractivity contribution in [2.45, 2.75) is 18.9 Å². The third kappa shape index (κ3) is 4.05. The number of hydrogen-bond acceptors (Lipinski definition) is 2. The van der Waals surface area contributed by atoms with Crippen LogP contribution in [0.3, 0.4) is 0 Å². The van der Waals surface area contributed by atoms with Crippen LogP contribution in [0.25, 0.3) is 0 Å². The summed E-state index contributed by atoms with van der Waals surface area (Å²) in [6, 6.07) is 6.05. The zero-order valence-electron chi connectivity index (χ0n) is 7.82. The average molecular weight is 220 g/mol. The Bertz CT molecular complexity index is 253. The number of nitrogens with two attached hydrogens (primary N) is 1. The lowest BCUT2D eigenvalue weighted by atomic mass is 10.0. The minimum Gasteiger partial charge on any atom is -0.396 e. The van der Waals surface area contributed by atoms with E-state index in [2.05, 4.69) is 0 Å². The van der Waals surface area contributed by atoms with E-state index in [0.29, 0.717) is 6.42 Å². The van der Waals surface area contributed by atoms with E-state index in [4.69, 9.17) is 10.8 Å². The summed E-state index contributed by atoms with van der Waals surface area (Å²) in [7, 11) is 0. The van der Waals surface area contributed by atoms with E-state index in [1.165, 1.54) is 12.1 Å². The van der Waals surface area contributed by atoms with Gasteiger partial charge in [0.1, 0.15) is 5.82 Å². The monoisotopic (exact) mass is 219 g/mol. The molecular weight excluding hydrogens is 205 g/mol. The summed E-state index contributed by atoms with van der Waals surface area (Å²) in [5.74, 6) is -0.252. The van der Waals surface area contributed by atoms with Gasteiger partial charge in [-0.05, 0) is 30.5 Å². The van der Waals surface area contributed by atoms with Crippen LogP contribution in [0.4, 0.5) is 4.39 Å². The molecule has 1 aromatic rings. The van der Waals surface area contributed by atoms with Crippen molar-refractivity contribution in [2.75, 3.05) is 6.61 Å². The van der Waals surface area contributed by atoms with Crippen molar-refractivity contribution < 1.29 is 9.50 Å². The van der Waals surface area contributed by atoms with Crippen LogP contribution < -0.4 is 5.73 Å². The highest BCUT2D eigenvalue weighted by molar-refractivity contribution is 5.85. The molecule has 0 fully saturated rings. The number of rotatable bonds is 4. The topological polar surface area (TPSA) is 46.2 Å². The molecule has 0 aliphatic carbocycles. The van der Waals surface area contributed by atoms with Crippen molar-refractivity contribution in [3.05, 3.63) is 35.6 Å². The van der Waals surface area contributed by atoms with Crippen LogP contribution in [0.2, 0.25) is 0 Å². The van der Waals surface area contributed by atoms with Crippen LogP contribution in [-0.2, 0) is 0 Å². The Kier molecular flexibility index (Phi) is 6.45. The van der Waals surface area contributed by atoms with E-state index in [1.54, 1.807) is 12.1 Å². The van der Waals surface area contributed by atoms with Crippen molar-refractivity contribution in [3.63, 3.8) is 0 Å². The fourth-order valence-electron chi connectivity index (χ4n) is 1.19. The fraction of sp³-hybridized carbons (Fsp3) is 0.400. The van der Waals surface area contributed by atoms with Crippen LogP contribution in [0, 0.1) is 5.82 Å². The maximum Gasteiger partial charge on any atom is 0.123 e. The zero-order valence-corrected chi connectivity index (χ0v) is 8.64. The number of hydrogen-bond donors (Lipinski definition) is 2. The molecule has 14 heavy (non-hydrogen) atoms. The van der Waals surface area contributed by atoms with Gasteiger partial charge < -0.3 is 10.8 Å². The first-order chi connectivity index (χ1) is 6.24. The summed E-state index contributed by atoms with van der Waals surface area (Å²) in [4.78, 5) is 0. The van der Waals surface area contributed by atoms with Crippen LogP contribution in [0.15, 0.2) is 24.3 Å². The van der Waals surface area contributed by atoms with E-state index in [-0.39, 0.29) is 30.9 Å². The lowest BCUT2D eigenvalue weighted by Crippen LogP contribution is -2.10. The van der Waals surface area contributed by atoms with Crippen molar-refractivity contribution in [1.82, 2.24) is 0 Å². The van der Waals surface area contributed by atoms with Gasteiger partial charge in [-0.3, -0.25) is 0 Å². The molecule has 0 amide bonds. The lowest BCUT2D eigenvalue weighted by molar-refractivity contribution is 0.280. The molecule has 0 heterocycles. The normalized spacial score (nSPS) is 11.9. The van der Waals surface area contributed by atoms with Crippen LogP contribution in [0.1, 0.15) is 24.4 Å². The average Bonchev–Trinajstić information content (AvgIpc) is 2.15. The maximum absolute atomic E-state index is 12.5. The van der Waals surface area contributed by atoms with Gasteiger partial charge in [0.25, 0.3) is 0 Å². The minimum absolute atomic E-state index is 0. The predicted molar refractivity (Wildman–Crippen MR) is 56.9 cm³/mol. The van der Waals surface area contributed by atoms with Gasteiger partial charge in [-0.15, -0.1) is 12.4 Å². The second-order valence-electron chi connectivity index (χ2n) is 3.02. The summed E-state index contributed by atoms with van der Waals surface area (Å²) in [6.07, 6.45) is 1.40. The second-order valence-corrected chi connectivity index (χ2v) is 3.02. The van der Waals surface area contributed by atoms with Crippen molar-refractivity contribution in [3.8, 4) is 0 Å². The number of aliphatic hydroxyl groups excluding tert-OH is 1. The van der Waals surface area contributed by atoms with E-state index in [1.807, 2.05) is 0 Å². The molecule has 1 aromatic carbocycles. The van der Waals surface area contributed by atoms with Crippen LogP contribution in [0.5, 0.6) is 0 Å². The van der Waals surface area contributed by atoms with Gasteiger partial charge in [0, 0.05) is 12.6 Å².